The molecule has 0 aliphatic heterocycles. The number of hydrogen-bond acceptors (Lipinski definition) is 1. The molecular formula is C19H17N. The van der Waals surface area contributed by atoms with E-state index in [9.17, 15) is 0 Å². The molecule has 0 saturated carbocycles. The lowest BCUT2D eigenvalue weighted by atomic mass is 9.92. The standard InChI is InChI=1S/C19H17N/c1-3-19(4-2,15-17-11-7-5-8-12-17)20-16-18-13-9-6-10-14-18/h1-2,5-14,20H,15-16H2. The number of hydrogen-bond donors (Lipinski definition) is 1. The zero-order chi connectivity index (χ0) is 14.3. The predicted octanol–water partition coefficient (Wildman–Crippen LogP) is 3.02. The maximum absolute atomic E-state index is 5.68. The average Bonchev–Trinajstić information content (AvgIpc) is 2.53. The Hall–Kier alpha value is -2.48. The number of benzene rings is 2. The number of terminal acetylenes is 2. The SMILES string of the molecule is C#CC(C#C)(Cc1ccccc1)NCc1ccccc1. The van der Waals surface area contributed by atoms with Gasteiger partial charge >= 0.3 is 0 Å². The molecule has 98 valence electrons. The maximum Gasteiger partial charge on any atom is 0.146 e. The molecule has 1 nitrogen and oxygen atoms in total. The van der Waals surface area contributed by atoms with Gasteiger partial charge in [-0.15, -0.1) is 12.8 Å². The van der Waals surface area contributed by atoms with Crippen molar-refractivity contribution in [2.24, 2.45) is 0 Å². The molecule has 0 spiro atoms. The van der Waals surface area contributed by atoms with Crippen molar-refractivity contribution < 1.29 is 0 Å². The third-order valence-corrected chi connectivity index (χ3v) is 3.24. The van der Waals surface area contributed by atoms with Gasteiger partial charge in [-0.1, -0.05) is 72.5 Å². The molecule has 20 heavy (non-hydrogen) atoms. The Bertz CT molecular complexity index is 600. The Kier molecular flexibility index (Phi) is 4.61. The molecule has 1 N–H and O–H groups in total. The van der Waals surface area contributed by atoms with Gasteiger partial charge in [-0.25, -0.2) is 0 Å². The lowest BCUT2D eigenvalue weighted by Gasteiger charge is -2.24. The van der Waals surface area contributed by atoms with Crippen molar-refractivity contribution in [2.75, 3.05) is 0 Å². The minimum atomic E-state index is -0.753. The van der Waals surface area contributed by atoms with Gasteiger partial charge in [-0.05, 0) is 11.1 Å². The van der Waals surface area contributed by atoms with Gasteiger partial charge in [0.15, 0.2) is 0 Å². The van der Waals surface area contributed by atoms with E-state index < -0.39 is 5.54 Å². The van der Waals surface area contributed by atoms with Gasteiger partial charge < -0.3 is 0 Å². The summed E-state index contributed by atoms with van der Waals surface area (Å²) in [5.74, 6) is 5.47. The monoisotopic (exact) mass is 259 g/mol. The molecule has 0 aliphatic rings. The van der Waals surface area contributed by atoms with Crippen molar-refractivity contribution in [1.82, 2.24) is 5.32 Å². The van der Waals surface area contributed by atoms with Crippen LogP contribution in [0, 0.1) is 24.7 Å². The van der Waals surface area contributed by atoms with E-state index in [1.165, 1.54) is 0 Å². The largest absolute Gasteiger partial charge is 0.287 e. The van der Waals surface area contributed by atoms with E-state index >= 15 is 0 Å². The van der Waals surface area contributed by atoms with Crippen LogP contribution in [0.25, 0.3) is 0 Å². The lowest BCUT2D eigenvalue weighted by molar-refractivity contribution is 0.512. The van der Waals surface area contributed by atoms with Gasteiger partial charge in [0.1, 0.15) is 5.54 Å². The lowest BCUT2D eigenvalue weighted by Crippen LogP contribution is -2.44. The van der Waals surface area contributed by atoms with Crippen LogP contribution in [0.5, 0.6) is 0 Å². The molecule has 0 amide bonds. The van der Waals surface area contributed by atoms with Crippen LogP contribution in [0.15, 0.2) is 60.7 Å². The quantitative estimate of drug-likeness (QED) is 0.814. The predicted molar refractivity (Wildman–Crippen MR) is 83.8 cm³/mol. The normalized spacial score (nSPS) is 10.5. The highest BCUT2D eigenvalue weighted by atomic mass is 15.0. The van der Waals surface area contributed by atoms with E-state index in [4.69, 9.17) is 12.8 Å². The van der Waals surface area contributed by atoms with Gasteiger partial charge in [-0.3, -0.25) is 5.32 Å². The fraction of sp³-hybridized carbons (Fsp3) is 0.158. The van der Waals surface area contributed by atoms with Gasteiger partial charge in [0.2, 0.25) is 0 Å². The van der Waals surface area contributed by atoms with Crippen molar-refractivity contribution in [2.45, 2.75) is 18.5 Å². The first-order valence-corrected chi connectivity index (χ1v) is 6.56. The second-order valence-corrected chi connectivity index (χ2v) is 4.70. The van der Waals surface area contributed by atoms with E-state index in [2.05, 4.69) is 17.2 Å². The van der Waals surface area contributed by atoms with Crippen LogP contribution in [0.2, 0.25) is 0 Å². The van der Waals surface area contributed by atoms with Crippen LogP contribution in [-0.4, -0.2) is 5.54 Å². The third-order valence-electron chi connectivity index (χ3n) is 3.24. The highest BCUT2D eigenvalue weighted by Gasteiger charge is 2.24. The first-order chi connectivity index (χ1) is 9.78. The molecule has 0 radical (unpaired) electrons. The Morgan fingerprint density at radius 3 is 1.80 bits per heavy atom. The molecule has 1 heteroatoms. The molecule has 0 atom stereocenters. The fourth-order valence-corrected chi connectivity index (χ4v) is 2.06. The number of rotatable bonds is 5. The van der Waals surface area contributed by atoms with Crippen molar-refractivity contribution >= 4 is 0 Å². The van der Waals surface area contributed by atoms with Crippen LogP contribution in [0.1, 0.15) is 11.1 Å². The fourth-order valence-electron chi connectivity index (χ4n) is 2.06. The van der Waals surface area contributed by atoms with Crippen LogP contribution in [0.3, 0.4) is 0 Å². The minimum Gasteiger partial charge on any atom is -0.287 e. The van der Waals surface area contributed by atoms with Crippen LogP contribution in [-0.2, 0) is 13.0 Å². The summed E-state index contributed by atoms with van der Waals surface area (Å²) in [6.45, 7) is 0.655. The summed E-state index contributed by atoms with van der Waals surface area (Å²) in [4.78, 5) is 0. The van der Waals surface area contributed by atoms with E-state index in [-0.39, 0.29) is 0 Å². The molecule has 2 aromatic carbocycles. The van der Waals surface area contributed by atoms with Gasteiger partial charge in [0.25, 0.3) is 0 Å². The van der Waals surface area contributed by atoms with Crippen LogP contribution >= 0.6 is 0 Å². The summed E-state index contributed by atoms with van der Waals surface area (Å²) < 4.78 is 0. The van der Waals surface area contributed by atoms with Crippen molar-refractivity contribution in [3.63, 3.8) is 0 Å². The molecule has 0 bridgehead atoms. The van der Waals surface area contributed by atoms with Crippen molar-refractivity contribution in [3.05, 3.63) is 71.8 Å². The van der Waals surface area contributed by atoms with Crippen molar-refractivity contribution in [1.29, 1.82) is 0 Å². The summed E-state index contributed by atoms with van der Waals surface area (Å²) in [5.41, 5.74) is 1.54. The molecule has 0 fully saturated rings. The summed E-state index contributed by atoms with van der Waals surface area (Å²) in [5, 5.41) is 3.33. The number of nitrogens with one attached hydrogen (secondary N) is 1. The second-order valence-electron chi connectivity index (χ2n) is 4.70. The van der Waals surface area contributed by atoms with Crippen LogP contribution in [0.4, 0.5) is 0 Å². The molecule has 0 aromatic heterocycles. The van der Waals surface area contributed by atoms with Gasteiger partial charge in [0, 0.05) is 13.0 Å². The summed E-state index contributed by atoms with van der Waals surface area (Å²) >= 11 is 0. The topological polar surface area (TPSA) is 12.0 Å². The zero-order valence-electron chi connectivity index (χ0n) is 11.3. The summed E-state index contributed by atoms with van der Waals surface area (Å²) in [6, 6.07) is 20.1. The summed E-state index contributed by atoms with van der Waals surface area (Å²) in [6.07, 6.45) is 12.0. The maximum atomic E-state index is 5.68. The molecular weight excluding hydrogens is 242 g/mol. The molecule has 0 aliphatic carbocycles. The molecule has 2 aromatic rings. The average molecular weight is 259 g/mol. The molecule has 0 saturated heterocycles. The second kappa shape index (κ2) is 6.62. The molecule has 0 heterocycles. The van der Waals surface area contributed by atoms with Crippen molar-refractivity contribution in [3.8, 4) is 24.7 Å². The Morgan fingerprint density at radius 1 is 0.800 bits per heavy atom. The Labute approximate surface area is 121 Å². The molecule has 2 rings (SSSR count). The van der Waals surface area contributed by atoms with Gasteiger partial charge in [-0.2, -0.15) is 0 Å². The smallest absolute Gasteiger partial charge is 0.146 e. The van der Waals surface area contributed by atoms with E-state index in [1.807, 2.05) is 60.7 Å². The zero-order valence-corrected chi connectivity index (χ0v) is 11.3. The minimum absolute atomic E-state index is 0.619. The first-order valence-electron chi connectivity index (χ1n) is 6.56. The van der Waals surface area contributed by atoms with E-state index in [1.54, 1.807) is 0 Å². The molecule has 0 unspecified atom stereocenters. The summed E-state index contributed by atoms with van der Waals surface area (Å²) in [7, 11) is 0. The Morgan fingerprint density at radius 2 is 1.30 bits per heavy atom. The van der Waals surface area contributed by atoms with E-state index in [0.717, 1.165) is 11.1 Å². The first kappa shape index (κ1) is 13.9. The highest BCUT2D eigenvalue weighted by molar-refractivity contribution is 5.34. The van der Waals surface area contributed by atoms with E-state index in [0.29, 0.717) is 13.0 Å². The highest BCUT2D eigenvalue weighted by Crippen LogP contribution is 2.13. The Balaban J connectivity index is 2.10. The third kappa shape index (κ3) is 3.51. The van der Waals surface area contributed by atoms with Crippen LogP contribution < -0.4 is 5.32 Å². The van der Waals surface area contributed by atoms with Gasteiger partial charge in [0.05, 0.1) is 0 Å².